The Morgan fingerprint density at radius 3 is 2.70 bits per heavy atom. The largest absolute Gasteiger partial charge is 0.496 e. The van der Waals surface area contributed by atoms with Crippen LogP contribution in [0.2, 0.25) is 0 Å². The first-order chi connectivity index (χ1) is 8.99. The zero-order valence-corrected chi connectivity index (χ0v) is 14.7. The minimum Gasteiger partial charge on any atom is -0.496 e. The second kappa shape index (κ2) is 9.21. The van der Waals surface area contributed by atoms with E-state index in [1.54, 1.807) is 12.0 Å². The Labute approximate surface area is 135 Å². The number of hydrogen-bond acceptors (Lipinski definition) is 3. The highest BCUT2D eigenvalue weighted by Gasteiger charge is 2.18. The Hall–Kier alpha value is -0.780. The molecule has 1 amide bonds. The third kappa shape index (κ3) is 5.31. The van der Waals surface area contributed by atoms with Crippen molar-refractivity contribution in [1.29, 1.82) is 0 Å². The molecule has 0 aliphatic rings. The maximum Gasteiger partial charge on any atom is 0.226 e. The van der Waals surface area contributed by atoms with Crippen molar-refractivity contribution < 1.29 is 9.53 Å². The Morgan fingerprint density at radius 2 is 2.15 bits per heavy atom. The van der Waals surface area contributed by atoms with Gasteiger partial charge in [0.05, 0.1) is 7.11 Å². The van der Waals surface area contributed by atoms with E-state index in [9.17, 15) is 4.79 Å². The molecule has 1 aromatic rings. The van der Waals surface area contributed by atoms with Gasteiger partial charge in [0.15, 0.2) is 0 Å². The van der Waals surface area contributed by atoms with E-state index >= 15 is 0 Å². The Balaban J connectivity index is 0.00000361. The monoisotopic (exact) mass is 364 g/mol. The molecule has 114 valence electrons. The molecule has 0 heterocycles. The quantitative estimate of drug-likeness (QED) is 0.843. The van der Waals surface area contributed by atoms with E-state index in [-0.39, 0.29) is 24.2 Å². The van der Waals surface area contributed by atoms with Gasteiger partial charge in [0.2, 0.25) is 5.91 Å². The lowest BCUT2D eigenvalue weighted by Crippen LogP contribution is -2.35. The van der Waals surface area contributed by atoms with Gasteiger partial charge in [-0.05, 0) is 25.2 Å². The molecule has 0 aliphatic heterocycles. The van der Waals surface area contributed by atoms with Crippen molar-refractivity contribution in [3.05, 3.63) is 28.2 Å². The lowest BCUT2D eigenvalue weighted by molar-refractivity contribution is -0.134. The predicted octanol–water partition coefficient (Wildman–Crippen LogP) is 2.69. The van der Waals surface area contributed by atoms with Crippen LogP contribution in [0.25, 0.3) is 0 Å². The lowest BCUT2D eigenvalue weighted by Gasteiger charge is -2.22. The van der Waals surface area contributed by atoms with E-state index < -0.39 is 0 Å². The average Bonchev–Trinajstić information content (AvgIpc) is 2.38. The standard InChI is InChI=1S/C14H21BrN2O2.ClH/c1-10(8-16-2)14(18)17(3)9-11-7-12(15)5-6-13(11)19-4;/h5-7,10,16H,8-9H2,1-4H3;1H. The smallest absolute Gasteiger partial charge is 0.226 e. The van der Waals surface area contributed by atoms with Crippen molar-refractivity contribution in [1.82, 2.24) is 10.2 Å². The van der Waals surface area contributed by atoms with Crippen molar-refractivity contribution >= 4 is 34.2 Å². The van der Waals surface area contributed by atoms with E-state index in [1.807, 2.05) is 39.2 Å². The summed E-state index contributed by atoms with van der Waals surface area (Å²) in [6.45, 7) is 3.14. The number of benzene rings is 1. The highest BCUT2D eigenvalue weighted by atomic mass is 79.9. The summed E-state index contributed by atoms with van der Waals surface area (Å²) in [6.07, 6.45) is 0. The van der Waals surface area contributed by atoms with Crippen LogP contribution in [0.3, 0.4) is 0 Å². The SMILES string of the molecule is CNCC(C)C(=O)N(C)Cc1cc(Br)ccc1OC.Cl. The molecule has 0 aromatic heterocycles. The van der Waals surface area contributed by atoms with Gasteiger partial charge in [0.25, 0.3) is 0 Å². The maximum absolute atomic E-state index is 12.2. The molecule has 1 unspecified atom stereocenters. The van der Waals surface area contributed by atoms with Gasteiger partial charge < -0.3 is 15.0 Å². The fraction of sp³-hybridized carbons (Fsp3) is 0.500. The molecule has 0 saturated carbocycles. The molecular weight excluding hydrogens is 344 g/mol. The maximum atomic E-state index is 12.2. The van der Waals surface area contributed by atoms with Gasteiger partial charge in [0, 0.05) is 36.1 Å². The van der Waals surface area contributed by atoms with Crippen LogP contribution in [-0.4, -0.2) is 38.6 Å². The summed E-state index contributed by atoms with van der Waals surface area (Å²) in [6, 6.07) is 5.80. The number of nitrogens with zero attached hydrogens (tertiary/aromatic N) is 1. The molecule has 1 atom stereocenters. The minimum atomic E-state index is -0.0341. The second-order valence-electron chi connectivity index (χ2n) is 4.61. The highest BCUT2D eigenvalue weighted by molar-refractivity contribution is 9.10. The topological polar surface area (TPSA) is 41.6 Å². The molecule has 0 bridgehead atoms. The third-order valence-electron chi connectivity index (χ3n) is 2.96. The van der Waals surface area contributed by atoms with E-state index in [2.05, 4.69) is 21.2 Å². The van der Waals surface area contributed by atoms with Crippen molar-refractivity contribution in [2.24, 2.45) is 5.92 Å². The lowest BCUT2D eigenvalue weighted by atomic mass is 10.1. The summed E-state index contributed by atoms with van der Waals surface area (Å²) in [7, 11) is 5.30. The number of amides is 1. The molecule has 1 rings (SSSR count). The summed E-state index contributed by atoms with van der Waals surface area (Å²) in [5.41, 5.74) is 0.990. The van der Waals surface area contributed by atoms with Gasteiger partial charge in [-0.25, -0.2) is 0 Å². The number of carbonyl (C=O) groups excluding carboxylic acids is 1. The van der Waals surface area contributed by atoms with Crippen LogP contribution in [0.15, 0.2) is 22.7 Å². The number of ether oxygens (including phenoxy) is 1. The van der Waals surface area contributed by atoms with Crippen molar-refractivity contribution in [3.8, 4) is 5.75 Å². The van der Waals surface area contributed by atoms with Crippen LogP contribution in [0.5, 0.6) is 5.75 Å². The predicted molar refractivity (Wildman–Crippen MR) is 87.5 cm³/mol. The fourth-order valence-corrected chi connectivity index (χ4v) is 2.38. The van der Waals surface area contributed by atoms with Crippen LogP contribution in [0, 0.1) is 5.92 Å². The Morgan fingerprint density at radius 1 is 1.50 bits per heavy atom. The first kappa shape index (κ1) is 19.2. The summed E-state index contributed by atoms with van der Waals surface area (Å²) in [5.74, 6) is 0.883. The van der Waals surface area contributed by atoms with E-state index in [1.165, 1.54) is 0 Å². The molecule has 20 heavy (non-hydrogen) atoms. The summed E-state index contributed by atoms with van der Waals surface area (Å²) >= 11 is 3.44. The molecule has 1 N–H and O–H groups in total. The van der Waals surface area contributed by atoms with Crippen LogP contribution < -0.4 is 10.1 Å². The summed E-state index contributed by atoms with van der Waals surface area (Å²) in [4.78, 5) is 13.9. The number of methoxy groups -OCH3 is 1. The molecule has 6 heteroatoms. The minimum absolute atomic E-state index is 0. The first-order valence-corrected chi connectivity index (χ1v) is 7.00. The number of nitrogens with one attached hydrogen (secondary N) is 1. The van der Waals surface area contributed by atoms with Crippen LogP contribution in [0.1, 0.15) is 12.5 Å². The van der Waals surface area contributed by atoms with Gasteiger partial charge in [-0.2, -0.15) is 0 Å². The number of rotatable bonds is 6. The third-order valence-corrected chi connectivity index (χ3v) is 3.45. The van der Waals surface area contributed by atoms with Crippen molar-refractivity contribution in [3.63, 3.8) is 0 Å². The molecule has 0 aliphatic carbocycles. The van der Waals surface area contributed by atoms with E-state index in [0.29, 0.717) is 13.1 Å². The Kier molecular flexibility index (Phi) is 8.85. The van der Waals surface area contributed by atoms with Crippen LogP contribution >= 0.6 is 28.3 Å². The number of halogens is 2. The fourth-order valence-electron chi connectivity index (χ4n) is 1.97. The van der Waals surface area contributed by atoms with E-state index in [4.69, 9.17) is 4.74 Å². The zero-order valence-electron chi connectivity index (χ0n) is 12.3. The second-order valence-corrected chi connectivity index (χ2v) is 5.52. The normalized spacial score (nSPS) is 11.4. The highest BCUT2D eigenvalue weighted by Crippen LogP contribution is 2.24. The summed E-state index contributed by atoms with van der Waals surface area (Å²) < 4.78 is 6.30. The molecule has 0 spiro atoms. The van der Waals surface area contributed by atoms with Gasteiger partial charge in [0.1, 0.15) is 5.75 Å². The Bertz CT molecular complexity index is 443. The van der Waals surface area contributed by atoms with E-state index in [0.717, 1.165) is 15.8 Å². The zero-order chi connectivity index (χ0) is 14.4. The molecular formula is C14H22BrClN2O2. The molecule has 0 fully saturated rings. The molecule has 0 saturated heterocycles. The number of carbonyl (C=O) groups is 1. The molecule has 1 aromatic carbocycles. The summed E-state index contributed by atoms with van der Waals surface area (Å²) in [5, 5.41) is 3.02. The first-order valence-electron chi connectivity index (χ1n) is 6.21. The molecule has 0 radical (unpaired) electrons. The molecule has 4 nitrogen and oxygen atoms in total. The van der Waals surface area contributed by atoms with Crippen LogP contribution in [0.4, 0.5) is 0 Å². The van der Waals surface area contributed by atoms with Crippen molar-refractivity contribution in [2.45, 2.75) is 13.5 Å². The number of hydrogen-bond donors (Lipinski definition) is 1. The van der Waals surface area contributed by atoms with Crippen LogP contribution in [-0.2, 0) is 11.3 Å². The van der Waals surface area contributed by atoms with Gasteiger partial charge in [-0.1, -0.05) is 22.9 Å². The average molecular weight is 366 g/mol. The van der Waals surface area contributed by atoms with Gasteiger partial charge >= 0.3 is 0 Å². The van der Waals surface area contributed by atoms with Gasteiger partial charge in [-0.3, -0.25) is 4.79 Å². The van der Waals surface area contributed by atoms with Crippen molar-refractivity contribution in [2.75, 3.05) is 27.7 Å². The van der Waals surface area contributed by atoms with Gasteiger partial charge in [-0.15, -0.1) is 12.4 Å².